The topological polar surface area (TPSA) is 37.8 Å². The van der Waals surface area contributed by atoms with E-state index in [0.29, 0.717) is 0 Å². The van der Waals surface area contributed by atoms with Crippen molar-refractivity contribution in [2.75, 3.05) is 11.9 Å². The molecule has 0 bridgehead atoms. The van der Waals surface area contributed by atoms with Crippen LogP contribution in [0.5, 0.6) is 0 Å². The molecule has 1 fully saturated rings. The Morgan fingerprint density at radius 1 is 1.53 bits per heavy atom. The quantitative estimate of drug-likeness (QED) is 0.940. The van der Waals surface area contributed by atoms with Gasteiger partial charge in [0.1, 0.15) is 16.0 Å². The fourth-order valence-electron chi connectivity index (χ4n) is 1.49. The summed E-state index contributed by atoms with van der Waals surface area (Å²) >= 11 is 4.89. The molecule has 2 aromatic rings. The number of nitrogens with zero attached hydrogens (tertiary/aromatic N) is 2. The largest absolute Gasteiger partial charge is 0.374 e. The molecule has 1 N–H and O–H groups in total. The Labute approximate surface area is 100 Å². The lowest BCUT2D eigenvalue weighted by Crippen LogP contribution is -2.01. The molecule has 78 valence electrons. The molecule has 0 aromatic carbocycles. The lowest BCUT2D eigenvalue weighted by molar-refractivity contribution is 0.893. The Kier molecular flexibility index (Phi) is 2.36. The molecule has 15 heavy (non-hydrogen) atoms. The second-order valence-corrected chi connectivity index (χ2v) is 5.55. The minimum atomic E-state index is 0.873. The van der Waals surface area contributed by atoms with Crippen molar-refractivity contribution >= 4 is 43.5 Å². The Hall–Kier alpha value is -0.680. The first-order valence-electron chi connectivity index (χ1n) is 4.98. The molecule has 0 spiro atoms. The SMILES string of the molecule is Brc1cnc2c(NCC3CC3)snc2c1. The average molecular weight is 284 g/mol. The van der Waals surface area contributed by atoms with E-state index < -0.39 is 0 Å². The van der Waals surface area contributed by atoms with E-state index in [1.807, 2.05) is 12.3 Å². The molecule has 0 amide bonds. The zero-order valence-corrected chi connectivity index (χ0v) is 10.4. The van der Waals surface area contributed by atoms with E-state index in [1.54, 1.807) is 0 Å². The molecule has 3 rings (SSSR count). The molecule has 2 aromatic heterocycles. The third-order valence-electron chi connectivity index (χ3n) is 2.53. The molecule has 0 radical (unpaired) electrons. The first-order valence-corrected chi connectivity index (χ1v) is 6.54. The van der Waals surface area contributed by atoms with E-state index in [1.165, 1.54) is 24.4 Å². The van der Waals surface area contributed by atoms with Crippen molar-refractivity contribution in [3.8, 4) is 0 Å². The van der Waals surface area contributed by atoms with E-state index in [-0.39, 0.29) is 0 Å². The van der Waals surface area contributed by atoms with Crippen molar-refractivity contribution in [1.29, 1.82) is 0 Å². The van der Waals surface area contributed by atoms with Gasteiger partial charge in [-0.25, -0.2) is 0 Å². The van der Waals surface area contributed by atoms with E-state index in [0.717, 1.165) is 33.0 Å². The molecule has 3 nitrogen and oxygen atoms in total. The van der Waals surface area contributed by atoms with Gasteiger partial charge in [-0.15, -0.1) is 0 Å². The number of halogens is 1. The zero-order valence-electron chi connectivity index (χ0n) is 8.03. The number of aromatic nitrogens is 2. The average Bonchev–Trinajstić information content (AvgIpc) is 2.97. The van der Waals surface area contributed by atoms with Gasteiger partial charge in [-0.1, -0.05) is 0 Å². The molecule has 0 atom stereocenters. The molecule has 1 aliphatic carbocycles. The van der Waals surface area contributed by atoms with Crippen LogP contribution in [0.15, 0.2) is 16.7 Å². The lowest BCUT2D eigenvalue weighted by atomic mass is 10.3. The maximum atomic E-state index is 4.38. The minimum Gasteiger partial charge on any atom is -0.374 e. The normalized spacial score (nSPS) is 15.8. The molecular weight excluding hydrogens is 274 g/mol. The predicted molar refractivity (Wildman–Crippen MR) is 66.3 cm³/mol. The van der Waals surface area contributed by atoms with Crippen molar-refractivity contribution < 1.29 is 0 Å². The summed E-state index contributed by atoms with van der Waals surface area (Å²) in [5.41, 5.74) is 1.96. The third-order valence-corrected chi connectivity index (χ3v) is 3.77. The summed E-state index contributed by atoms with van der Waals surface area (Å²) in [5, 5.41) is 4.53. The minimum absolute atomic E-state index is 0.873. The van der Waals surface area contributed by atoms with Crippen molar-refractivity contribution in [3.63, 3.8) is 0 Å². The first-order chi connectivity index (χ1) is 7.33. The second-order valence-electron chi connectivity index (χ2n) is 3.86. The van der Waals surface area contributed by atoms with Crippen LogP contribution in [-0.4, -0.2) is 15.9 Å². The van der Waals surface area contributed by atoms with Crippen LogP contribution in [0, 0.1) is 5.92 Å². The van der Waals surface area contributed by atoms with Crippen LogP contribution in [0.25, 0.3) is 11.0 Å². The Balaban J connectivity index is 1.89. The highest BCUT2D eigenvalue weighted by atomic mass is 79.9. The molecule has 0 aliphatic heterocycles. The summed E-state index contributed by atoms with van der Waals surface area (Å²) in [6.07, 6.45) is 4.55. The van der Waals surface area contributed by atoms with Gasteiger partial charge in [-0.2, -0.15) is 4.37 Å². The summed E-state index contributed by atoms with van der Waals surface area (Å²) < 4.78 is 5.35. The Morgan fingerprint density at radius 2 is 2.40 bits per heavy atom. The zero-order chi connectivity index (χ0) is 10.3. The van der Waals surface area contributed by atoms with Crippen LogP contribution in [0.4, 0.5) is 5.00 Å². The fourth-order valence-corrected chi connectivity index (χ4v) is 2.53. The standard InChI is InChI=1S/C10H10BrN3S/c11-7-3-8-9(12-5-7)10(15-14-8)13-4-6-1-2-6/h3,5-6,13H,1-2,4H2. The molecule has 2 heterocycles. The first kappa shape index (κ1) is 9.54. The summed E-state index contributed by atoms with van der Waals surface area (Å²) in [4.78, 5) is 4.38. The van der Waals surface area contributed by atoms with Gasteiger partial charge in [0.05, 0.1) is 0 Å². The smallest absolute Gasteiger partial charge is 0.136 e. The second kappa shape index (κ2) is 3.72. The number of hydrogen-bond donors (Lipinski definition) is 1. The van der Waals surface area contributed by atoms with Crippen LogP contribution >= 0.6 is 27.5 Å². The number of pyridine rings is 1. The Morgan fingerprint density at radius 3 is 3.20 bits per heavy atom. The molecular formula is C10H10BrN3S. The highest BCUT2D eigenvalue weighted by Gasteiger charge is 2.21. The van der Waals surface area contributed by atoms with Crippen LogP contribution in [0.1, 0.15) is 12.8 Å². The van der Waals surface area contributed by atoms with E-state index >= 15 is 0 Å². The number of anilines is 1. The molecule has 0 saturated heterocycles. The van der Waals surface area contributed by atoms with Crippen molar-refractivity contribution in [2.45, 2.75) is 12.8 Å². The summed E-state index contributed by atoms with van der Waals surface area (Å²) in [7, 11) is 0. The summed E-state index contributed by atoms with van der Waals surface area (Å²) in [6, 6.07) is 2.00. The molecule has 1 saturated carbocycles. The van der Waals surface area contributed by atoms with Gasteiger partial charge in [0.15, 0.2) is 0 Å². The van der Waals surface area contributed by atoms with E-state index in [2.05, 4.69) is 30.6 Å². The van der Waals surface area contributed by atoms with E-state index in [4.69, 9.17) is 0 Å². The van der Waals surface area contributed by atoms with Gasteiger partial charge in [-0.05, 0) is 52.3 Å². The van der Waals surface area contributed by atoms with Crippen molar-refractivity contribution in [3.05, 3.63) is 16.7 Å². The van der Waals surface area contributed by atoms with Crippen molar-refractivity contribution in [2.24, 2.45) is 5.92 Å². The fraction of sp³-hybridized carbons (Fsp3) is 0.400. The van der Waals surface area contributed by atoms with E-state index in [9.17, 15) is 0 Å². The molecule has 1 aliphatic rings. The van der Waals surface area contributed by atoms with Crippen LogP contribution < -0.4 is 5.32 Å². The number of fused-ring (bicyclic) bond motifs is 1. The highest BCUT2D eigenvalue weighted by Crippen LogP contribution is 2.32. The summed E-state index contributed by atoms with van der Waals surface area (Å²) in [5.74, 6) is 0.873. The maximum absolute atomic E-state index is 4.38. The maximum Gasteiger partial charge on any atom is 0.136 e. The lowest BCUT2D eigenvalue weighted by Gasteiger charge is -2.00. The number of hydrogen-bond acceptors (Lipinski definition) is 4. The van der Waals surface area contributed by atoms with Crippen LogP contribution in [-0.2, 0) is 0 Å². The monoisotopic (exact) mass is 283 g/mol. The van der Waals surface area contributed by atoms with Gasteiger partial charge in [0.2, 0.25) is 0 Å². The van der Waals surface area contributed by atoms with Gasteiger partial charge < -0.3 is 5.32 Å². The third kappa shape index (κ3) is 1.99. The van der Waals surface area contributed by atoms with Gasteiger partial charge in [0, 0.05) is 17.2 Å². The van der Waals surface area contributed by atoms with Crippen LogP contribution in [0.3, 0.4) is 0 Å². The van der Waals surface area contributed by atoms with Gasteiger partial charge >= 0.3 is 0 Å². The Bertz CT molecular complexity index is 492. The highest BCUT2D eigenvalue weighted by molar-refractivity contribution is 9.10. The van der Waals surface area contributed by atoms with Crippen LogP contribution in [0.2, 0.25) is 0 Å². The van der Waals surface area contributed by atoms with Crippen molar-refractivity contribution in [1.82, 2.24) is 9.36 Å². The number of nitrogens with one attached hydrogen (secondary N) is 1. The molecule has 5 heteroatoms. The van der Waals surface area contributed by atoms with Gasteiger partial charge in [0.25, 0.3) is 0 Å². The number of rotatable bonds is 3. The van der Waals surface area contributed by atoms with Gasteiger partial charge in [-0.3, -0.25) is 4.98 Å². The predicted octanol–water partition coefficient (Wildman–Crippen LogP) is 3.28. The molecule has 0 unspecified atom stereocenters. The summed E-state index contributed by atoms with van der Waals surface area (Å²) in [6.45, 7) is 1.06.